The molecule has 6 rings (SSSR count). The molecular formula is C28H31N7O2. The number of benzene rings is 2. The van der Waals surface area contributed by atoms with Crippen molar-refractivity contribution >= 4 is 28.9 Å². The van der Waals surface area contributed by atoms with Crippen molar-refractivity contribution in [3.8, 4) is 11.4 Å². The Bertz CT molecular complexity index is 1340. The highest BCUT2D eigenvalue weighted by Gasteiger charge is 2.26. The van der Waals surface area contributed by atoms with Crippen molar-refractivity contribution < 1.29 is 9.53 Å². The molecule has 0 bridgehead atoms. The summed E-state index contributed by atoms with van der Waals surface area (Å²) < 4.78 is 7.71. The molecule has 37 heavy (non-hydrogen) atoms. The first-order valence-electron chi connectivity index (χ1n) is 12.9. The maximum atomic E-state index is 10.8. The maximum Gasteiger partial charge on any atom is 0.211 e. The lowest BCUT2D eigenvalue weighted by molar-refractivity contribution is -0.105. The third-order valence-corrected chi connectivity index (χ3v) is 7.26. The number of rotatable bonds is 7. The molecule has 190 valence electrons. The zero-order chi connectivity index (χ0) is 25.0. The number of aromatic nitrogens is 4. The fourth-order valence-corrected chi connectivity index (χ4v) is 5.27. The average molecular weight is 498 g/mol. The van der Waals surface area contributed by atoms with E-state index in [0.717, 1.165) is 73.7 Å². The number of carbonyl (C=O) groups excluding carboxylic acids is 1. The topological polar surface area (TPSA) is 88.4 Å². The molecule has 2 aliphatic heterocycles. The predicted octanol–water partition coefficient (Wildman–Crippen LogP) is 3.74. The third kappa shape index (κ3) is 5.05. The summed E-state index contributed by atoms with van der Waals surface area (Å²) in [6, 6.07) is 18.6. The Kier molecular flexibility index (Phi) is 6.79. The van der Waals surface area contributed by atoms with Gasteiger partial charge in [0.05, 0.1) is 30.8 Å². The minimum atomic E-state index is 0.295. The summed E-state index contributed by atoms with van der Waals surface area (Å²) >= 11 is 0. The Morgan fingerprint density at radius 3 is 2.43 bits per heavy atom. The van der Waals surface area contributed by atoms with Crippen molar-refractivity contribution in [3.63, 3.8) is 0 Å². The van der Waals surface area contributed by atoms with Crippen LogP contribution in [0.1, 0.15) is 24.4 Å². The lowest BCUT2D eigenvalue weighted by Crippen LogP contribution is -2.37. The molecule has 1 N–H and O–H groups in total. The van der Waals surface area contributed by atoms with Gasteiger partial charge in [-0.15, -0.1) is 0 Å². The van der Waals surface area contributed by atoms with Crippen LogP contribution in [0.25, 0.3) is 22.4 Å². The van der Waals surface area contributed by atoms with Gasteiger partial charge in [-0.05, 0) is 42.7 Å². The maximum absolute atomic E-state index is 10.8. The standard InChI is InChI=1S/C28H31N7O2/c36-20-29-23-8-6-22(7-9-23)26-31-27(34-14-16-37-17-15-34)25-18-30-35(28(25)32-26)24-10-12-33(13-11-24)19-21-4-2-1-3-5-21/h1-9,18,20,24H,10-17,19H2,(H,29,36). The van der Waals surface area contributed by atoms with E-state index >= 15 is 0 Å². The summed E-state index contributed by atoms with van der Waals surface area (Å²) in [7, 11) is 0. The number of carbonyl (C=O) groups is 1. The van der Waals surface area contributed by atoms with E-state index in [0.29, 0.717) is 31.5 Å². The molecule has 0 atom stereocenters. The number of ether oxygens (including phenoxy) is 1. The van der Waals surface area contributed by atoms with Crippen molar-refractivity contribution in [1.82, 2.24) is 24.6 Å². The van der Waals surface area contributed by atoms with Gasteiger partial charge < -0.3 is 15.0 Å². The van der Waals surface area contributed by atoms with Gasteiger partial charge in [-0.1, -0.05) is 30.3 Å². The van der Waals surface area contributed by atoms with Crippen LogP contribution in [0.3, 0.4) is 0 Å². The number of likely N-dealkylation sites (tertiary alicyclic amines) is 1. The number of anilines is 2. The molecule has 2 fully saturated rings. The fraction of sp³-hybridized carbons (Fsp3) is 0.357. The van der Waals surface area contributed by atoms with Crippen LogP contribution in [0.2, 0.25) is 0 Å². The van der Waals surface area contributed by atoms with Gasteiger partial charge in [0.1, 0.15) is 5.82 Å². The molecule has 2 aliphatic rings. The lowest BCUT2D eigenvalue weighted by atomic mass is 10.0. The summed E-state index contributed by atoms with van der Waals surface area (Å²) in [6.07, 6.45) is 4.67. The van der Waals surface area contributed by atoms with Crippen molar-refractivity contribution in [2.45, 2.75) is 25.4 Å². The van der Waals surface area contributed by atoms with E-state index in [1.54, 1.807) is 0 Å². The SMILES string of the molecule is O=CNc1ccc(-c2nc(N3CCOCC3)c3cnn(C4CCN(Cc5ccccc5)CC4)c3n2)cc1. The number of fused-ring (bicyclic) bond motifs is 1. The van der Waals surface area contributed by atoms with E-state index in [-0.39, 0.29) is 0 Å². The number of amides is 1. The first kappa shape index (κ1) is 23.6. The van der Waals surface area contributed by atoms with Gasteiger partial charge in [-0.2, -0.15) is 5.10 Å². The van der Waals surface area contributed by atoms with Crippen molar-refractivity contribution in [3.05, 3.63) is 66.4 Å². The molecule has 2 aromatic heterocycles. The van der Waals surface area contributed by atoms with Crippen molar-refractivity contribution in [2.24, 2.45) is 0 Å². The average Bonchev–Trinajstić information content (AvgIpc) is 3.39. The van der Waals surface area contributed by atoms with Gasteiger partial charge in [-0.3, -0.25) is 9.69 Å². The second-order valence-electron chi connectivity index (χ2n) is 9.63. The Hall–Kier alpha value is -3.82. The first-order valence-corrected chi connectivity index (χ1v) is 12.9. The number of hydrogen-bond acceptors (Lipinski definition) is 7. The van der Waals surface area contributed by atoms with Gasteiger partial charge in [-0.25, -0.2) is 14.6 Å². The Balaban J connectivity index is 1.30. The molecular weight excluding hydrogens is 466 g/mol. The summed E-state index contributed by atoms with van der Waals surface area (Å²) in [5.41, 5.74) is 3.87. The minimum absolute atomic E-state index is 0.295. The van der Waals surface area contributed by atoms with Crippen LogP contribution in [0.5, 0.6) is 0 Å². The number of morpholine rings is 1. The van der Waals surface area contributed by atoms with E-state index in [1.165, 1.54) is 5.56 Å². The van der Waals surface area contributed by atoms with Gasteiger partial charge >= 0.3 is 0 Å². The Labute approximate surface area is 216 Å². The van der Waals surface area contributed by atoms with Crippen molar-refractivity contribution in [2.75, 3.05) is 49.6 Å². The highest BCUT2D eigenvalue weighted by molar-refractivity contribution is 5.89. The zero-order valence-electron chi connectivity index (χ0n) is 20.8. The van der Waals surface area contributed by atoms with E-state index in [9.17, 15) is 4.79 Å². The zero-order valence-corrected chi connectivity index (χ0v) is 20.8. The minimum Gasteiger partial charge on any atom is -0.378 e. The normalized spacial score (nSPS) is 17.2. The van der Waals surface area contributed by atoms with Crippen LogP contribution in [-0.4, -0.2) is 70.5 Å². The molecule has 0 aliphatic carbocycles. The van der Waals surface area contributed by atoms with Gasteiger partial charge in [0.15, 0.2) is 11.5 Å². The Morgan fingerprint density at radius 2 is 1.70 bits per heavy atom. The first-order chi connectivity index (χ1) is 18.3. The number of hydrogen-bond donors (Lipinski definition) is 1. The lowest BCUT2D eigenvalue weighted by Gasteiger charge is -2.32. The van der Waals surface area contributed by atoms with Gasteiger partial charge in [0.25, 0.3) is 0 Å². The molecule has 0 unspecified atom stereocenters. The van der Waals surface area contributed by atoms with Crippen LogP contribution in [0.4, 0.5) is 11.5 Å². The third-order valence-electron chi connectivity index (χ3n) is 7.26. The van der Waals surface area contributed by atoms with Crippen LogP contribution < -0.4 is 10.2 Å². The molecule has 0 spiro atoms. The number of piperidine rings is 1. The monoisotopic (exact) mass is 497 g/mol. The quantitative estimate of drug-likeness (QED) is 0.389. The molecule has 4 aromatic rings. The van der Waals surface area contributed by atoms with E-state index in [1.807, 2.05) is 30.5 Å². The number of nitrogens with one attached hydrogen (secondary N) is 1. The molecule has 9 nitrogen and oxygen atoms in total. The van der Waals surface area contributed by atoms with E-state index in [4.69, 9.17) is 19.8 Å². The van der Waals surface area contributed by atoms with Crippen LogP contribution in [0, 0.1) is 0 Å². The van der Waals surface area contributed by atoms with Gasteiger partial charge in [0, 0.05) is 44.0 Å². The number of nitrogens with zero attached hydrogens (tertiary/aromatic N) is 6. The van der Waals surface area contributed by atoms with Crippen LogP contribution >= 0.6 is 0 Å². The highest BCUT2D eigenvalue weighted by Crippen LogP contribution is 2.32. The fourth-order valence-electron chi connectivity index (χ4n) is 5.27. The highest BCUT2D eigenvalue weighted by atomic mass is 16.5. The van der Waals surface area contributed by atoms with E-state index < -0.39 is 0 Å². The van der Waals surface area contributed by atoms with E-state index in [2.05, 4.69) is 50.1 Å². The molecule has 4 heterocycles. The molecule has 2 saturated heterocycles. The van der Waals surface area contributed by atoms with Crippen LogP contribution in [0.15, 0.2) is 60.8 Å². The molecule has 2 aromatic carbocycles. The van der Waals surface area contributed by atoms with Gasteiger partial charge in [0.2, 0.25) is 6.41 Å². The van der Waals surface area contributed by atoms with Crippen molar-refractivity contribution in [1.29, 1.82) is 0 Å². The molecule has 1 amide bonds. The van der Waals surface area contributed by atoms with Crippen LogP contribution in [-0.2, 0) is 16.1 Å². The smallest absolute Gasteiger partial charge is 0.211 e. The largest absolute Gasteiger partial charge is 0.378 e. The second kappa shape index (κ2) is 10.7. The second-order valence-corrected chi connectivity index (χ2v) is 9.63. The predicted molar refractivity (Wildman–Crippen MR) is 143 cm³/mol. The molecule has 0 radical (unpaired) electrons. The molecule has 0 saturated carbocycles. The molecule has 9 heteroatoms. The summed E-state index contributed by atoms with van der Waals surface area (Å²) in [5, 5.41) is 8.51. The summed E-state index contributed by atoms with van der Waals surface area (Å²) in [6.45, 7) is 5.98. The Morgan fingerprint density at radius 1 is 0.946 bits per heavy atom. The summed E-state index contributed by atoms with van der Waals surface area (Å²) in [5.74, 6) is 1.57. The summed E-state index contributed by atoms with van der Waals surface area (Å²) in [4.78, 5) is 25.6.